The molecule has 1 aromatic carbocycles. The van der Waals surface area contributed by atoms with E-state index in [0.29, 0.717) is 5.65 Å². The summed E-state index contributed by atoms with van der Waals surface area (Å²) in [5.74, 6) is 0.797. The highest BCUT2D eigenvalue weighted by Gasteiger charge is 2.24. The Morgan fingerprint density at radius 3 is 2.52 bits per heavy atom. The average molecular weight is 357 g/mol. The number of rotatable bonds is 3. The number of aromatic nitrogens is 3. The molecule has 1 N–H and O–H groups in total. The van der Waals surface area contributed by atoms with E-state index in [-0.39, 0.29) is 4.90 Å². The molecule has 25 heavy (non-hydrogen) atoms. The van der Waals surface area contributed by atoms with Crippen LogP contribution in [0.5, 0.6) is 0 Å². The summed E-state index contributed by atoms with van der Waals surface area (Å²) in [7, 11) is -3.70. The third-order valence-corrected chi connectivity index (χ3v) is 6.10. The lowest BCUT2D eigenvalue weighted by Crippen LogP contribution is -2.44. The van der Waals surface area contributed by atoms with Gasteiger partial charge in [0.25, 0.3) is 10.0 Å². The van der Waals surface area contributed by atoms with E-state index in [1.165, 1.54) is 10.3 Å². The molecule has 1 saturated heterocycles. The standard InChI is InChI=1S/C17H19N5O2S/c1-13-11-22(25(23,24)14-5-3-2-4-6-14)17-15(13)16(19-12-20-17)21-9-7-18-8-10-21/h2-6,11-12,18H,7-10H2,1H3. The van der Waals surface area contributed by atoms with Crippen molar-refractivity contribution in [1.29, 1.82) is 0 Å². The van der Waals surface area contributed by atoms with Crippen molar-refractivity contribution in [2.75, 3.05) is 31.1 Å². The molecule has 8 heteroatoms. The van der Waals surface area contributed by atoms with Gasteiger partial charge in [-0.25, -0.2) is 22.4 Å². The molecule has 7 nitrogen and oxygen atoms in total. The van der Waals surface area contributed by atoms with E-state index in [4.69, 9.17) is 0 Å². The van der Waals surface area contributed by atoms with Crippen LogP contribution in [0.4, 0.5) is 5.82 Å². The maximum Gasteiger partial charge on any atom is 0.269 e. The van der Waals surface area contributed by atoms with Gasteiger partial charge >= 0.3 is 0 Å². The van der Waals surface area contributed by atoms with E-state index < -0.39 is 10.0 Å². The van der Waals surface area contributed by atoms with Gasteiger partial charge in [-0.2, -0.15) is 0 Å². The van der Waals surface area contributed by atoms with Gasteiger partial charge in [-0.05, 0) is 24.6 Å². The zero-order chi connectivity index (χ0) is 17.4. The Labute approximate surface area is 146 Å². The predicted octanol–water partition coefficient (Wildman–Crippen LogP) is 1.39. The number of aryl methyl sites for hydroxylation is 1. The summed E-state index contributed by atoms with van der Waals surface area (Å²) in [5.41, 5.74) is 1.27. The summed E-state index contributed by atoms with van der Waals surface area (Å²) >= 11 is 0. The van der Waals surface area contributed by atoms with Gasteiger partial charge in [-0.1, -0.05) is 18.2 Å². The molecular weight excluding hydrogens is 338 g/mol. The van der Waals surface area contributed by atoms with Gasteiger partial charge in [0.15, 0.2) is 5.65 Å². The number of anilines is 1. The van der Waals surface area contributed by atoms with Gasteiger partial charge < -0.3 is 10.2 Å². The number of nitrogens with one attached hydrogen (secondary N) is 1. The van der Waals surface area contributed by atoms with E-state index in [9.17, 15) is 8.42 Å². The second kappa shape index (κ2) is 6.12. The van der Waals surface area contributed by atoms with Gasteiger partial charge in [0.05, 0.1) is 10.3 Å². The first-order valence-electron chi connectivity index (χ1n) is 8.18. The Kier molecular flexibility index (Phi) is 3.93. The second-order valence-electron chi connectivity index (χ2n) is 6.06. The molecule has 0 amide bonds. The minimum absolute atomic E-state index is 0.245. The van der Waals surface area contributed by atoms with E-state index >= 15 is 0 Å². The summed E-state index contributed by atoms with van der Waals surface area (Å²) in [6.45, 7) is 5.33. The van der Waals surface area contributed by atoms with Gasteiger partial charge in [0, 0.05) is 32.4 Å². The van der Waals surface area contributed by atoms with Crippen LogP contribution in [0.2, 0.25) is 0 Å². The van der Waals surface area contributed by atoms with E-state index in [1.807, 2.05) is 6.92 Å². The molecule has 0 bridgehead atoms. The first-order chi connectivity index (χ1) is 12.1. The van der Waals surface area contributed by atoms with Crippen LogP contribution in [-0.2, 0) is 10.0 Å². The van der Waals surface area contributed by atoms with Crippen molar-refractivity contribution in [3.05, 3.63) is 48.4 Å². The number of benzene rings is 1. The lowest BCUT2D eigenvalue weighted by molar-refractivity contribution is 0.585. The number of hydrogen-bond donors (Lipinski definition) is 1. The van der Waals surface area contributed by atoms with Crippen LogP contribution in [0.1, 0.15) is 5.56 Å². The Bertz CT molecular complexity index is 1010. The molecule has 0 unspecified atom stereocenters. The second-order valence-corrected chi connectivity index (χ2v) is 7.87. The molecular formula is C17H19N5O2S. The molecule has 0 spiro atoms. The summed E-state index contributed by atoms with van der Waals surface area (Å²) in [4.78, 5) is 11.1. The van der Waals surface area contributed by atoms with E-state index in [1.54, 1.807) is 36.5 Å². The number of nitrogens with zero attached hydrogens (tertiary/aromatic N) is 4. The lowest BCUT2D eigenvalue weighted by atomic mass is 10.2. The van der Waals surface area contributed by atoms with Crippen LogP contribution in [-0.4, -0.2) is 48.5 Å². The van der Waals surface area contributed by atoms with Gasteiger partial charge in [0.2, 0.25) is 0 Å². The highest BCUT2D eigenvalue weighted by atomic mass is 32.2. The Morgan fingerprint density at radius 1 is 1.08 bits per heavy atom. The zero-order valence-electron chi connectivity index (χ0n) is 13.9. The maximum absolute atomic E-state index is 13.0. The van der Waals surface area contributed by atoms with Crippen molar-refractivity contribution in [2.24, 2.45) is 0 Å². The molecule has 1 fully saturated rings. The SMILES string of the molecule is Cc1cn(S(=O)(=O)c2ccccc2)c2ncnc(N3CCNCC3)c12. The van der Waals surface area contributed by atoms with Gasteiger partial charge in [0.1, 0.15) is 12.1 Å². The fourth-order valence-electron chi connectivity index (χ4n) is 3.19. The monoisotopic (exact) mass is 357 g/mol. The number of piperazine rings is 1. The molecule has 0 radical (unpaired) electrons. The minimum atomic E-state index is -3.70. The molecule has 1 aliphatic rings. The Hall–Kier alpha value is -2.45. The van der Waals surface area contributed by atoms with Crippen molar-refractivity contribution in [1.82, 2.24) is 19.3 Å². The van der Waals surface area contributed by atoms with Crippen molar-refractivity contribution in [2.45, 2.75) is 11.8 Å². The zero-order valence-corrected chi connectivity index (χ0v) is 14.7. The highest BCUT2D eigenvalue weighted by Crippen LogP contribution is 2.30. The first kappa shape index (κ1) is 16.0. The molecule has 130 valence electrons. The molecule has 0 aliphatic carbocycles. The van der Waals surface area contributed by atoms with Crippen LogP contribution >= 0.6 is 0 Å². The third-order valence-electron chi connectivity index (χ3n) is 4.44. The topological polar surface area (TPSA) is 80.1 Å². The summed E-state index contributed by atoms with van der Waals surface area (Å²) in [5, 5.41) is 4.11. The average Bonchev–Trinajstić information content (AvgIpc) is 3.01. The van der Waals surface area contributed by atoms with Crippen molar-refractivity contribution in [3.8, 4) is 0 Å². The summed E-state index contributed by atoms with van der Waals surface area (Å²) < 4.78 is 27.3. The fourth-order valence-corrected chi connectivity index (χ4v) is 4.59. The van der Waals surface area contributed by atoms with Crippen molar-refractivity contribution >= 4 is 26.9 Å². The van der Waals surface area contributed by atoms with Crippen LogP contribution in [0.3, 0.4) is 0 Å². The molecule has 0 saturated carbocycles. The van der Waals surface area contributed by atoms with Gasteiger partial charge in [-0.3, -0.25) is 0 Å². The lowest BCUT2D eigenvalue weighted by Gasteiger charge is -2.28. The van der Waals surface area contributed by atoms with Crippen LogP contribution in [0.15, 0.2) is 47.8 Å². The van der Waals surface area contributed by atoms with Crippen LogP contribution < -0.4 is 10.2 Å². The molecule has 4 rings (SSSR count). The van der Waals surface area contributed by atoms with E-state index in [2.05, 4.69) is 20.2 Å². The first-order valence-corrected chi connectivity index (χ1v) is 9.62. The Morgan fingerprint density at radius 2 is 1.80 bits per heavy atom. The van der Waals surface area contributed by atoms with Crippen molar-refractivity contribution < 1.29 is 8.42 Å². The normalized spacial score (nSPS) is 15.6. The maximum atomic E-state index is 13.0. The smallest absolute Gasteiger partial charge is 0.269 e. The molecule has 3 heterocycles. The largest absolute Gasteiger partial charge is 0.353 e. The summed E-state index contributed by atoms with van der Waals surface area (Å²) in [6, 6.07) is 8.41. The predicted molar refractivity (Wildman–Crippen MR) is 96.4 cm³/mol. The summed E-state index contributed by atoms with van der Waals surface area (Å²) in [6.07, 6.45) is 3.07. The van der Waals surface area contributed by atoms with E-state index in [0.717, 1.165) is 42.9 Å². The van der Waals surface area contributed by atoms with Crippen molar-refractivity contribution in [3.63, 3.8) is 0 Å². The quantitative estimate of drug-likeness (QED) is 0.763. The number of hydrogen-bond acceptors (Lipinski definition) is 6. The molecule has 1 aliphatic heterocycles. The minimum Gasteiger partial charge on any atom is -0.353 e. The van der Waals surface area contributed by atoms with Crippen LogP contribution in [0.25, 0.3) is 11.0 Å². The van der Waals surface area contributed by atoms with Gasteiger partial charge in [-0.15, -0.1) is 0 Å². The third kappa shape index (κ3) is 2.67. The highest BCUT2D eigenvalue weighted by molar-refractivity contribution is 7.90. The fraction of sp³-hybridized carbons (Fsp3) is 0.294. The molecule has 3 aromatic rings. The number of fused-ring (bicyclic) bond motifs is 1. The molecule has 2 aromatic heterocycles. The Balaban J connectivity index is 1.90. The van der Waals surface area contributed by atoms with Crippen LogP contribution in [0, 0.1) is 6.92 Å². The molecule has 0 atom stereocenters.